The van der Waals surface area contributed by atoms with Crippen LogP contribution < -0.4 is 14.8 Å². The average molecular weight is 221 g/mol. The molecule has 0 aromatic heterocycles. The first kappa shape index (κ1) is 11.1. The molecule has 1 N–H and O–H groups in total. The minimum atomic E-state index is 0.829. The van der Waals surface area contributed by atoms with Gasteiger partial charge in [0.25, 0.3) is 0 Å². The van der Waals surface area contributed by atoms with Gasteiger partial charge in [-0.1, -0.05) is 6.42 Å². The Morgan fingerprint density at radius 1 is 1.12 bits per heavy atom. The monoisotopic (exact) mass is 221 g/mol. The molecule has 1 aliphatic rings. The number of methoxy groups -OCH3 is 2. The maximum absolute atomic E-state index is 5.22. The van der Waals surface area contributed by atoms with Crippen molar-refractivity contribution < 1.29 is 9.47 Å². The van der Waals surface area contributed by atoms with Gasteiger partial charge in [0.1, 0.15) is 11.5 Å². The van der Waals surface area contributed by atoms with Crippen LogP contribution in [0.15, 0.2) is 18.2 Å². The first-order valence-electron chi connectivity index (χ1n) is 5.79. The van der Waals surface area contributed by atoms with Gasteiger partial charge < -0.3 is 14.8 Å². The molecule has 0 atom stereocenters. The van der Waals surface area contributed by atoms with E-state index in [0.717, 1.165) is 29.6 Å². The maximum Gasteiger partial charge on any atom is 0.124 e. The zero-order valence-corrected chi connectivity index (χ0v) is 9.95. The second-order valence-electron chi connectivity index (χ2n) is 4.28. The highest BCUT2D eigenvalue weighted by Crippen LogP contribution is 2.29. The molecule has 1 fully saturated rings. The van der Waals surface area contributed by atoms with Gasteiger partial charge in [0.2, 0.25) is 0 Å². The minimum Gasteiger partial charge on any atom is -0.497 e. The number of nitrogens with one attached hydrogen (secondary N) is 1. The lowest BCUT2D eigenvalue weighted by Crippen LogP contribution is -2.20. The van der Waals surface area contributed by atoms with Crippen LogP contribution in [0.5, 0.6) is 11.5 Å². The molecule has 0 saturated heterocycles. The third kappa shape index (κ3) is 2.60. The predicted molar refractivity (Wildman–Crippen MR) is 65.4 cm³/mol. The van der Waals surface area contributed by atoms with Crippen molar-refractivity contribution in [2.45, 2.75) is 19.3 Å². The summed E-state index contributed by atoms with van der Waals surface area (Å²) in [6.07, 6.45) is 4.09. The zero-order valence-electron chi connectivity index (χ0n) is 9.95. The van der Waals surface area contributed by atoms with E-state index in [1.165, 1.54) is 19.3 Å². The lowest BCUT2D eigenvalue weighted by Gasteiger charge is -2.26. The Morgan fingerprint density at radius 2 is 1.75 bits per heavy atom. The van der Waals surface area contributed by atoms with Crippen LogP contribution in [0.4, 0.5) is 5.69 Å². The summed E-state index contributed by atoms with van der Waals surface area (Å²) in [5.74, 6) is 2.50. The van der Waals surface area contributed by atoms with Crippen molar-refractivity contribution in [3.8, 4) is 11.5 Å². The summed E-state index contributed by atoms with van der Waals surface area (Å²) < 4.78 is 10.4. The smallest absolute Gasteiger partial charge is 0.124 e. The number of hydrogen-bond donors (Lipinski definition) is 1. The molecule has 0 unspecified atom stereocenters. The lowest BCUT2D eigenvalue weighted by atomic mass is 9.85. The number of hydrogen-bond acceptors (Lipinski definition) is 3. The van der Waals surface area contributed by atoms with Crippen LogP contribution in [0.1, 0.15) is 19.3 Å². The van der Waals surface area contributed by atoms with Crippen LogP contribution in [-0.4, -0.2) is 20.8 Å². The molecule has 88 valence electrons. The molecule has 3 nitrogen and oxygen atoms in total. The zero-order chi connectivity index (χ0) is 11.4. The van der Waals surface area contributed by atoms with Crippen molar-refractivity contribution in [2.75, 3.05) is 26.1 Å². The number of anilines is 1. The SMILES string of the molecule is COc1cc(NCC2CCC2)cc(OC)c1. The average Bonchev–Trinajstić information content (AvgIpc) is 2.26. The third-order valence-electron chi connectivity index (χ3n) is 3.17. The molecule has 0 aliphatic heterocycles. The van der Waals surface area contributed by atoms with E-state index in [1.54, 1.807) is 14.2 Å². The first-order valence-corrected chi connectivity index (χ1v) is 5.79. The summed E-state index contributed by atoms with van der Waals surface area (Å²) in [5, 5.41) is 3.44. The predicted octanol–water partition coefficient (Wildman–Crippen LogP) is 2.92. The summed E-state index contributed by atoms with van der Waals surface area (Å²) in [4.78, 5) is 0. The lowest BCUT2D eigenvalue weighted by molar-refractivity contribution is 0.333. The Labute approximate surface area is 96.8 Å². The van der Waals surface area contributed by atoms with Crippen LogP contribution in [0.3, 0.4) is 0 Å². The number of benzene rings is 1. The summed E-state index contributed by atoms with van der Waals surface area (Å²) in [6.45, 7) is 1.05. The van der Waals surface area contributed by atoms with E-state index in [0.29, 0.717) is 0 Å². The molecular weight excluding hydrogens is 202 g/mol. The van der Waals surface area contributed by atoms with Gasteiger partial charge in [0, 0.05) is 30.4 Å². The molecule has 1 aromatic rings. The normalized spacial score (nSPS) is 15.4. The van der Waals surface area contributed by atoms with Gasteiger partial charge in [0.15, 0.2) is 0 Å². The molecular formula is C13H19NO2. The fourth-order valence-corrected chi connectivity index (χ4v) is 1.87. The Bertz CT molecular complexity index is 326. The van der Waals surface area contributed by atoms with Gasteiger partial charge in [-0.3, -0.25) is 0 Å². The second-order valence-corrected chi connectivity index (χ2v) is 4.28. The van der Waals surface area contributed by atoms with Gasteiger partial charge in [0.05, 0.1) is 14.2 Å². The van der Waals surface area contributed by atoms with Crippen molar-refractivity contribution in [1.82, 2.24) is 0 Å². The molecule has 1 saturated carbocycles. The molecule has 1 aliphatic carbocycles. The number of rotatable bonds is 5. The Morgan fingerprint density at radius 3 is 2.19 bits per heavy atom. The topological polar surface area (TPSA) is 30.5 Å². The van der Waals surface area contributed by atoms with Crippen molar-refractivity contribution in [2.24, 2.45) is 5.92 Å². The number of ether oxygens (including phenoxy) is 2. The van der Waals surface area contributed by atoms with Crippen LogP contribution in [0.25, 0.3) is 0 Å². The van der Waals surface area contributed by atoms with Crippen molar-refractivity contribution >= 4 is 5.69 Å². The van der Waals surface area contributed by atoms with Gasteiger partial charge in [-0.05, 0) is 18.8 Å². The van der Waals surface area contributed by atoms with Crippen molar-refractivity contribution in [3.63, 3.8) is 0 Å². The van der Waals surface area contributed by atoms with E-state index in [4.69, 9.17) is 9.47 Å². The van der Waals surface area contributed by atoms with Gasteiger partial charge in [-0.25, -0.2) is 0 Å². The molecule has 0 amide bonds. The molecule has 0 spiro atoms. The van der Waals surface area contributed by atoms with E-state index >= 15 is 0 Å². The van der Waals surface area contributed by atoms with Gasteiger partial charge >= 0.3 is 0 Å². The summed E-state index contributed by atoms with van der Waals surface area (Å²) in [7, 11) is 3.34. The molecule has 1 aromatic carbocycles. The van der Waals surface area contributed by atoms with Gasteiger partial charge in [-0.15, -0.1) is 0 Å². The van der Waals surface area contributed by atoms with Crippen LogP contribution in [0, 0.1) is 5.92 Å². The fraction of sp³-hybridized carbons (Fsp3) is 0.538. The van der Waals surface area contributed by atoms with Crippen molar-refractivity contribution in [1.29, 1.82) is 0 Å². The summed E-state index contributed by atoms with van der Waals surface area (Å²) in [6, 6.07) is 5.89. The molecule has 0 radical (unpaired) electrons. The molecule has 0 heterocycles. The van der Waals surface area contributed by atoms with Gasteiger partial charge in [-0.2, -0.15) is 0 Å². The highest BCUT2D eigenvalue weighted by atomic mass is 16.5. The summed E-state index contributed by atoms with van der Waals surface area (Å²) in [5.41, 5.74) is 1.07. The second kappa shape index (κ2) is 5.10. The van der Waals surface area contributed by atoms with Crippen LogP contribution >= 0.6 is 0 Å². The third-order valence-corrected chi connectivity index (χ3v) is 3.17. The van der Waals surface area contributed by atoms with Crippen molar-refractivity contribution in [3.05, 3.63) is 18.2 Å². The first-order chi connectivity index (χ1) is 7.81. The maximum atomic E-state index is 5.22. The van der Waals surface area contributed by atoms with E-state index in [-0.39, 0.29) is 0 Å². The molecule has 0 bridgehead atoms. The Kier molecular flexibility index (Phi) is 3.54. The minimum absolute atomic E-state index is 0.829. The molecule has 3 heteroatoms. The molecule has 16 heavy (non-hydrogen) atoms. The largest absolute Gasteiger partial charge is 0.497 e. The standard InChI is InChI=1S/C13H19NO2/c1-15-12-6-11(7-13(8-12)16-2)14-9-10-4-3-5-10/h6-8,10,14H,3-5,9H2,1-2H3. The van der Waals surface area contributed by atoms with Crippen LogP contribution in [0.2, 0.25) is 0 Å². The highest BCUT2D eigenvalue weighted by molar-refractivity contribution is 5.53. The van der Waals surface area contributed by atoms with Crippen LogP contribution in [-0.2, 0) is 0 Å². The van der Waals surface area contributed by atoms with E-state index in [2.05, 4.69) is 5.32 Å². The quantitative estimate of drug-likeness (QED) is 0.829. The molecule has 2 rings (SSSR count). The van der Waals surface area contributed by atoms with E-state index < -0.39 is 0 Å². The Hall–Kier alpha value is -1.38. The van der Waals surface area contributed by atoms with E-state index in [1.807, 2.05) is 18.2 Å². The fourth-order valence-electron chi connectivity index (χ4n) is 1.87. The Balaban J connectivity index is 2.00. The summed E-state index contributed by atoms with van der Waals surface area (Å²) >= 11 is 0. The highest BCUT2D eigenvalue weighted by Gasteiger charge is 2.16. The van der Waals surface area contributed by atoms with E-state index in [9.17, 15) is 0 Å².